The minimum absolute atomic E-state index is 0.0171. The van der Waals surface area contributed by atoms with Crippen molar-refractivity contribution in [1.29, 1.82) is 0 Å². The van der Waals surface area contributed by atoms with E-state index in [1.54, 1.807) is 12.1 Å². The van der Waals surface area contributed by atoms with Crippen molar-refractivity contribution in [1.82, 2.24) is 14.9 Å². The van der Waals surface area contributed by atoms with E-state index < -0.39 is 88.4 Å². The lowest BCUT2D eigenvalue weighted by molar-refractivity contribution is -0.0567. The average molecular weight is 1260 g/mol. The predicted molar refractivity (Wildman–Crippen MR) is 310 cm³/mol. The Bertz CT molecular complexity index is 3280. The summed E-state index contributed by atoms with van der Waals surface area (Å²) in [6.07, 6.45) is -1.31. The molecule has 2 aromatic carbocycles. The number of fused-ring (bicyclic) bond motifs is 2. The van der Waals surface area contributed by atoms with Crippen molar-refractivity contribution in [2.75, 3.05) is 50.0 Å². The number of aliphatic imine (C=N–C) groups is 1. The Balaban J connectivity index is 1.06. The van der Waals surface area contributed by atoms with Crippen LogP contribution in [0.25, 0.3) is 0 Å². The highest BCUT2D eigenvalue weighted by molar-refractivity contribution is 8.77. The van der Waals surface area contributed by atoms with E-state index in [1.807, 2.05) is 80.5 Å². The lowest BCUT2D eigenvalue weighted by atomic mass is 9.73. The number of aromatic nitrogens is 2. The molecule has 8 unspecified atom stereocenters. The smallest absolute Gasteiger partial charge is 0.478 e. The molecule has 0 radical (unpaired) electrons. The summed E-state index contributed by atoms with van der Waals surface area (Å²) < 4.78 is 71.5. The Labute approximate surface area is 482 Å². The van der Waals surface area contributed by atoms with Crippen LogP contribution in [0.5, 0.6) is 5.75 Å². The van der Waals surface area contributed by atoms with Crippen LogP contribution in [0.2, 0.25) is 0 Å². The maximum Gasteiger partial charge on any atom is 0.490 e. The molecule has 1 aliphatic carbocycles. The number of nitrogens with one attached hydrogen (secondary N) is 3. The SMILES string of the molecule is CC/N=C1/C=C2Oc3cc(NCC)c(C)cc3C(c3ccc(C(=O)NCC(C)(C)SSCOCC#Cc4cn(C5OC(COP(=O)(O)OP(=O)(O)OP(=O)(O)O)C(OCSSC(C)(C)C)C5O)c(=O)[nH]c4=O)cc3C(=O)O)C2C=C1C. The summed E-state index contributed by atoms with van der Waals surface area (Å²) in [5.41, 5.74) is 2.89. The summed E-state index contributed by atoms with van der Waals surface area (Å²) in [5, 5.41) is 28.3. The van der Waals surface area contributed by atoms with E-state index >= 15 is 0 Å². The highest BCUT2D eigenvalue weighted by atomic mass is 33.1. The largest absolute Gasteiger partial charge is 0.490 e. The molecule has 0 spiro atoms. The fourth-order valence-corrected chi connectivity index (χ4v) is 15.6. The quantitative estimate of drug-likeness (QED) is 0.0131. The second kappa shape index (κ2) is 27.8. The first kappa shape index (κ1) is 66.2. The molecule has 32 heteroatoms. The number of carbonyl (C=O) groups is 2. The number of carbonyl (C=O) groups excluding carboxylic acids is 1. The number of carboxylic acids is 1. The van der Waals surface area contributed by atoms with Gasteiger partial charge in [-0.2, -0.15) is 8.62 Å². The Morgan fingerprint density at radius 3 is 2.33 bits per heavy atom. The van der Waals surface area contributed by atoms with Gasteiger partial charge in [-0.3, -0.25) is 28.7 Å². The number of aliphatic hydroxyl groups is 1. The van der Waals surface area contributed by atoms with Crippen LogP contribution in [0.3, 0.4) is 0 Å². The number of amides is 1. The van der Waals surface area contributed by atoms with Crippen LogP contribution in [-0.4, -0.2) is 129 Å². The van der Waals surface area contributed by atoms with E-state index in [4.69, 9.17) is 33.3 Å². The number of H-pyrrole nitrogens is 1. The third-order valence-corrected chi connectivity index (χ3v) is 21.5. The van der Waals surface area contributed by atoms with Gasteiger partial charge in [-0.15, -0.1) is 0 Å². The topological polar surface area (TPSA) is 363 Å². The van der Waals surface area contributed by atoms with Crippen LogP contribution in [0.1, 0.15) is 111 Å². The van der Waals surface area contributed by atoms with Crippen molar-refractivity contribution in [3.8, 4) is 17.6 Å². The van der Waals surface area contributed by atoms with Crippen LogP contribution >= 0.6 is 66.6 Å². The molecule has 6 rings (SSSR count). The van der Waals surface area contributed by atoms with E-state index in [0.29, 0.717) is 30.2 Å². The summed E-state index contributed by atoms with van der Waals surface area (Å²) in [6, 6.07) is 8.69. The summed E-state index contributed by atoms with van der Waals surface area (Å²) >= 11 is 0. The van der Waals surface area contributed by atoms with Gasteiger partial charge >= 0.3 is 35.1 Å². The van der Waals surface area contributed by atoms with Crippen molar-refractivity contribution < 1.29 is 85.2 Å². The third-order valence-electron chi connectivity index (χ3n) is 11.8. The lowest BCUT2D eigenvalue weighted by Crippen LogP contribution is -2.39. The minimum atomic E-state index is -5.86. The highest BCUT2D eigenvalue weighted by Crippen LogP contribution is 2.66. The molecule has 9 N–H and O–H groups in total. The summed E-state index contributed by atoms with van der Waals surface area (Å²) in [6.45, 7) is 17.7. The third kappa shape index (κ3) is 18.5. The zero-order valence-electron chi connectivity index (χ0n) is 45.3. The average Bonchev–Trinajstić information content (AvgIpc) is 3.82. The van der Waals surface area contributed by atoms with Gasteiger partial charge in [-0.05, 0) is 76.4 Å². The van der Waals surface area contributed by atoms with Crippen molar-refractivity contribution >= 4 is 89.9 Å². The summed E-state index contributed by atoms with van der Waals surface area (Å²) in [7, 11) is -11.8. The van der Waals surface area contributed by atoms with E-state index in [9.17, 15) is 52.9 Å². The van der Waals surface area contributed by atoms with Gasteiger partial charge in [0.2, 0.25) is 0 Å². The number of aliphatic hydroxyl groups excluding tert-OH is 1. The van der Waals surface area contributed by atoms with Gasteiger partial charge in [-0.1, -0.05) is 87.9 Å². The number of hydrogen-bond acceptors (Lipinski definition) is 21. The Kier molecular flexibility index (Phi) is 22.7. The molecule has 81 heavy (non-hydrogen) atoms. The van der Waals surface area contributed by atoms with Gasteiger partial charge in [-0.25, -0.2) is 23.3 Å². The number of aromatic amines is 1. The molecule has 3 aromatic rings. The molecule has 25 nitrogen and oxygen atoms in total. The lowest BCUT2D eigenvalue weighted by Gasteiger charge is -2.37. The van der Waals surface area contributed by atoms with Gasteiger partial charge in [0.1, 0.15) is 53.9 Å². The number of anilines is 1. The molecule has 0 bridgehead atoms. The molecule has 1 amide bonds. The maximum absolute atomic E-state index is 13.7. The van der Waals surface area contributed by atoms with Crippen molar-refractivity contribution in [3.05, 3.63) is 114 Å². The van der Waals surface area contributed by atoms with Gasteiger partial charge in [0.25, 0.3) is 11.5 Å². The summed E-state index contributed by atoms with van der Waals surface area (Å²) in [4.78, 5) is 96.7. The second-order valence-electron chi connectivity index (χ2n) is 19.8. The van der Waals surface area contributed by atoms with Gasteiger partial charge in [0, 0.05) is 76.1 Å². The van der Waals surface area contributed by atoms with Crippen molar-refractivity contribution in [2.24, 2.45) is 10.9 Å². The number of rotatable bonds is 25. The Hall–Kier alpha value is -3.98. The molecule has 8 atom stereocenters. The first-order valence-electron chi connectivity index (χ1n) is 24.7. The number of phosphoric ester groups is 1. The number of phosphoric acid groups is 3. The van der Waals surface area contributed by atoms with Crippen molar-refractivity contribution in [2.45, 2.75) is 102 Å². The van der Waals surface area contributed by atoms with Crippen molar-refractivity contribution in [3.63, 3.8) is 0 Å². The Morgan fingerprint density at radius 2 is 1.67 bits per heavy atom. The molecule has 444 valence electrons. The number of hydrogen-bond donors (Lipinski definition) is 9. The molecule has 1 fully saturated rings. The highest BCUT2D eigenvalue weighted by Gasteiger charge is 2.49. The van der Waals surface area contributed by atoms with Crippen LogP contribution in [0, 0.1) is 24.7 Å². The van der Waals surface area contributed by atoms with Gasteiger partial charge in [0.15, 0.2) is 6.23 Å². The molecule has 1 aromatic heterocycles. The van der Waals surface area contributed by atoms with Crippen LogP contribution in [-0.2, 0) is 41.1 Å². The zero-order chi connectivity index (χ0) is 59.8. The summed E-state index contributed by atoms with van der Waals surface area (Å²) in [5.74, 6) is 4.08. The predicted octanol–water partition coefficient (Wildman–Crippen LogP) is 7.46. The molecule has 3 aliphatic rings. The number of carboxylic acid groups (broad SMARTS) is 1. The fourth-order valence-electron chi connectivity index (χ4n) is 8.44. The molecular weight excluding hydrogens is 1200 g/mol. The molecular formula is C49H64N5O20P3S4. The first-order valence-corrected chi connectivity index (χ1v) is 33.9. The number of aromatic carboxylic acids is 1. The Morgan fingerprint density at radius 1 is 0.951 bits per heavy atom. The first-order chi connectivity index (χ1) is 37.8. The number of nitrogens with zero attached hydrogens (tertiary/aromatic N) is 2. The zero-order valence-corrected chi connectivity index (χ0v) is 51.2. The number of aryl methyl sites for hydroxylation is 1. The van der Waals surface area contributed by atoms with E-state index in [2.05, 4.69) is 47.1 Å². The fraction of sp³-hybridized carbons (Fsp3) is 0.490. The molecule has 2 aliphatic heterocycles. The molecule has 3 heterocycles. The van der Waals surface area contributed by atoms with Gasteiger partial charge in [0.05, 0.1) is 17.9 Å². The van der Waals surface area contributed by atoms with Crippen LogP contribution < -0.4 is 26.6 Å². The van der Waals surface area contributed by atoms with E-state index in [-0.39, 0.29) is 52.4 Å². The van der Waals surface area contributed by atoms with E-state index in [0.717, 1.165) is 38.9 Å². The van der Waals surface area contributed by atoms with E-state index in [1.165, 1.54) is 49.2 Å². The van der Waals surface area contributed by atoms with Crippen LogP contribution in [0.15, 0.2) is 74.6 Å². The van der Waals surface area contributed by atoms with Crippen LogP contribution in [0.4, 0.5) is 5.69 Å². The van der Waals surface area contributed by atoms with Gasteiger partial charge < -0.3 is 59.4 Å². The standard InChI is InChI=1S/C49H64N5O20P3S4/c1-10-50-35-20-37-33(17-27(35)3)40(34-18-28(4)36(51-11-2)21-38(34)71-37)31-15-14-29(19-32(31)46(58)59)43(56)52-24-49(8,9)81-78-25-68-16-12-13-30-22-54(47(60)53-44(30)57)45-41(55)42(69-26-79-80-48(5,6)7)39(72-45)23-70-76(64,65)74-77(66,67)73-75(61,62)63/h14-15,17-22,33,39-42,45,51,55H,10-11,16,23-26H2,1-9H3,(H,52,56)(H,58,59)(H,64,65)(H,66,67)(H,53,57,60)(H2,61,62,63)/b50-35-. The molecule has 1 saturated heterocycles. The number of ether oxygens (including phenoxy) is 4. The molecule has 0 saturated carbocycles. The maximum atomic E-state index is 13.7. The monoisotopic (exact) mass is 1260 g/mol. The minimum Gasteiger partial charge on any atom is -0.478 e. The number of allylic oxidation sites excluding steroid dienone is 3. The normalized spacial score (nSPS) is 22.0. The number of benzene rings is 2. The second-order valence-corrected chi connectivity index (χ2v) is 30.3.